The molecule has 2 atom stereocenters. The summed E-state index contributed by atoms with van der Waals surface area (Å²) >= 11 is 0. The quantitative estimate of drug-likeness (QED) is 0.386. The standard InChI is InChI=1S/C27H45N3O5/c1-7-21-9-10-22(13-25(21)34-12-8-11-33-6)26(31)30(20(4)5)17-24-15-28-14-23(24)16-29-27(32)35-18-19(2)3/h9-10,13,19-20,23-24,28H,7-8,11-12,14-18H2,1-6H3,(H,29,32)/t23-,24-/m0/s1. The van der Waals surface area contributed by atoms with E-state index < -0.39 is 0 Å². The van der Waals surface area contributed by atoms with Crippen LogP contribution >= 0.6 is 0 Å². The van der Waals surface area contributed by atoms with E-state index in [9.17, 15) is 9.59 Å². The Labute approximate surface area is 211 Å². The second-order valence-electron chi connectivity index (χ2n) is 9.97. The molecule has 0 radical (unpaired) electrons. The van der Waals surface area contributed by atoms with E-state index in [4.69, 9.17) is 14.2 Å². The molecule has 35 heavy (non-hydrogen) atoms. The van der Waals surface area contributed by atoms with Gasteiger partial charge in [-0.25, -0.2) is 4.79 Å². The number of nitrogens with zero attached hydrogens (tertiary/aromatic N) is 1. The van der Waals surface area contributed by atoms with Crippen molar-refractivity contribution in [2.24, 2.45) is 17.8 Å². The predicted molar refractivity (Wildman–Crippen MR) is 138 cm³/mol. The maximum Gasteiger partial charge on any atom is 0.407 e. The summed E-state index contributed by atoms with van der Waals surface area (Å²) in [6.07, 6.45) is 1.25. The largest absolute Gasteiger partial charge is 0.493 e. The van der Waals surface area contributed by atoms with Gasteiger partial charge in [0.1, 0.15) is 5.75 Å². The smallest absolute Gasteiger partial charge is 0.407 e. The third-order valence-corrected chi connectivity index (χ3v) is 6.30. The number of nitrogens with one attached hydrogen (secondary N) is 2. The minimum atomic E-state index is -0.379. The molecule has 2 amide bonds. The molecule has 0 saturated carbocycles. The van der Waals surface area contributed by atoms with Crippen molar-refractivity contribution in [2.45, 2.75) is 53.5 Å². The number of hydrogen-bond donors (Lipinski definition) is 2. The van der Waals surface area contributed by atoms with Gasteiger partial charge in [-0.05, 0) is 55.7 Å². The van der Waals surface area contributed by atoms with Gasteiger partial charge in [-0.15, -0.1) is 0 Å². The minimum absolute atomic E-state index is 0.000605. The van der Waals surface area contributed by atoms with Gasteiger partial charge in [0.05, 0.1) is 13.2 Å². The van der Waals surface area contributed by atoms with E-state index in [1.54, 1.807) is 7.11 Å². The molecule has 1 aliphatic heterocycles. The third kappa shape index (κ3) is 9.33. The summed E-state index contributed by atoms with van der Waals surface area (Å²) in [5.74, 6) is 1.54. The fourth-order valence-corrected chi connectivity index (χ4v) is 4.19. The van der Waals surface area contributed by atoms with Crippen LogP contribution in [0.5, 0.6) is 5.75 Å². The van der Waals surface area contributed by atoms with Crippen molar-refractivity contribution < 1.29 is 23.8 Å². The van der Waals surface area contributed by atoms with Gasteiger partial charge < -0.3 is 29.7 Å². The average molecular weight is 492 g/mol. The summed E-state index contributed by atoms with van der Waals surface area (Å²) in [6.45, 7) is 14.5. The Bertz CT molecular complexity index is 799. The number of alkyl carbamates (subject to hydrolysis) is 1. The number of benzene rings is 1. The molecule has 1 aliphatic rings. The fourth-order valence-electron chi connectivity index (χ4n) is 4.19. The van der Waals surface area contributed by atoms with Crippen molar-refractivity contribution in [1.82, 2.24) is 15.5 Å². The molecule has 1 saturated heterocycles. The number of hydrogen-bond acceptors (Lipinski definition) is 6. The molecule has 0 unspecified atom stereocenters. The lowest BCUT2D eigenvalue weighted by Gasteiger charge is -2.32. The summed E-state index contributed by atoms with van der Waals surface area (Å²) < 4.78 is 16.3. The summed E-state index contributed by atoms with van der Waals surface area (Å²) in [7, 11) is 1.68. The lowest BCUT2D eigenvalue weighted by Crippen LogP contribution is -2.43. The maximum atomic E-state index is 13.6. The van der Waals surface area contributed by atoms with Crippen LogP contribution in [0.1, 0.15) is 57.0 Å². The summed E-state index contributed by atoms with van der Waals surface area (Å²) in [4.78, 5) is 27.5. The highest BCUT2D eigenvalue weighted by atomic mass is 16.5. The van der Waals surface area contributed by atoms with E-state index in [1.165, 1.54) is 0 Å². The van der Waals surface area contributed by atoms with Crippen LogP contribution in [0.2, 0.25) is 0 Å². The zero-order valence-electron chi connectivity index (χ0n) is 22.4. The lowest BCUT2D eigenvalue weighted by molar-refractivity contribution is 0.0659. The Balaban J connectivity index is 2.04. The normalized spacial score (nSPS) is 17.6. The minimum Gasteiger partial charge on any atom is -0.493 e. The number of aryl methyl sites for hydroxylation is 1. The molecule has 0 aromatic heterocycles. The van der Waals surface area contributed by atoms with E-state index in [0.717, 1.165) is 37.2 Å². The van der Waals surface area contributed by atoms with Gasteiger partial charge in [-0.2, -0.15) is 0 Å². The molecule has 8 heteroatoms. The van der Waals surface area contributed by atoms with Crippen LogP contribution in [0.4, 0.5) is 4.79 Å². The monoisotopic (exact) mass is 491 g/mol. The van der Waals surface area contributed by atoms with Gasteiger partial charge in [0, 0.05) is 57.9 Å². The molecule has 1 heterocycles. The average Bonchev–Trinajstić information content (AvgIpc) is 3.28. The number of carbonyl (C=O) groups is 2. The highest BCUT2D eigenvalue weighted by Crippen LogP contribution is 2.25. The first-order chi connectivity index (χ1) is 16.8. The molecular formula is C27H45N3O5. The van der Waals surface area contributed by atoms with Gasteiger partial charge >= 0.3 is 6.09 Å². The maximum absolute atomic E-state index is 13.6. The summed E-state index contributed by atoms with van der Waals surface area (Å²) in [6, 6.07) is 5.81. The second kappa shape index (κ2) is 14.9. The Hall–Kier alpha value is -2.32. The van der Waals surface area contributed by atoms with Crippen molar-refractivity contribution >= 4 is 12.0 Å². The molecule has 2 N–H and O–H groups in total. The van der Waals surface area contributed by atoms with Crippen molar-refractivity contribution in [3.63, 3.8) is 0 Å². The van der Waals surface area contributed by atoms with Crippen LogP contribution in [0.3, 0.4) is 0 Å². The summed E-state index contributed by atoms with van der Waals surface area (Å²) in [5, 5.41) is 6.31. The van der Waals surface area contributed by atoms with E-state index >= 15 is 0 Å². The molecule has 0 aliphatic carbocycles. The van der Waals surface area contributed by atoms with Crippen molar-refractivity contribution in [2.75, 3.05) is 53.1 Å². The van der Waals surface area contributed by atoms with Crippen LogP contribution in [0.25, 0.3) is 0 Å². The Kier molecular flexibility index (Phi) is 12.3. The number of ether oxygens (including phenoxy) is 3. The number of methoxy groups -OCH3 is 1. The van der Waals surface area contributed by atoms with Gasteiger partial charge in [0.2, 0.25) is 0 Å². The van der Waals surface area contributed by atoms with E-state index in [1.807, 2.05) is 50.8 Å². The molecule has 198 valence electrons. The third-order valence-electron chi connectivity index (χ3n) is 6.30. The molecule has 1 aromatic carbocycles. The Morgan fingerprint density at radius 1 is 1.14 bits per heavy atom. The Morgan fingerprint density at radius 2 is 1.89 bits per heavy atom. The van der Waals surface area contributed by atoms with Crippen molar-refractivity contribution in [1.29, 1.82) is 0 Å². The molecule has 0 bridgehead atoms. The van der Waals surface area contributed by atoms with Crippen molar-refractivity contribution in [3.8, 4) is 5.75 Å². The number of carbonyl (C=O) groups excluding carboxylic acids is 2. The first kappa shape index (κ1) is 28.9. The zero-order chi connectivity index (χ0) is 25.8. The van der Waals surface area contributed by atoms with Crippen LogP contribution in [-0.2, 0) is 15.9 Å². The molecular weight excluding hydrogens is 446 g/mol. The Morgan fingerprint density at radius 3 is 2.54 bits per heavy atom. The SMILES string of the molecule is CCc1ccc(C(=O)N(C[C@@H]2CNC[C@H]2CNC(=O)OCC(C)C)C(C)C)cc1OCCCOC. The van der Waals surface area contributed by atoms with E-state index in [2.05, 4.69) is 17.6 Å². The van der Waals surface area contributed by atoms with Gasteiger partial charge in [0.15, 0.2) is 0 Å². The lowest BCUT2D eigenvalue weighted by atomic mass is 9.94. The number of amides is 2. The summed E-state index contributed by atoms with van der Waals surface area (Å²) in [5.41, 5.74) is 1.72. The number of rotatable bonds is 14. The topological polar surface area (TPSA) is 89.1 Å². The van der Waals surface area contributed by atoms with Crippen LogP contribution in [0.15, 0.2) is 18.2 Å². The van der Waals surface area contributed by atoms with E-state index in [-0.39, 0.29) is 29.9 Å². The molecule has 8 nitrogen and oxygen atoms in total. The molecule has 2 rings (SSSR count). The first-order valence-corrected chi connectivity index (χ1v) is 12.9. The highest BCUT2D eigenvalue weighted by Gasteiger charge is 2.32. The van der Waals surface area contributed by atoms with Crippen LogP contribution in [-0.4, -0.2) is 76.1 Å². The fraction of sp³-hybridized carbons (Fsp3) is 0.704. The van der Waals surface area contributed by atoms with Gasteiger partial charge in [0.25, 0.3) is 5.91 Å². The second-order valence-corrected chi connectivity index (χ2v) is 9.97. The van der Waals surface area contributed by atoms with E-state index in [0.29, 0.717) is 44.4 Å². The van der Waals surface area contributed by atoms with Crippen LogP contribution in [0, 0.1) is 17.8 Å². The van der Waals surface area contributed by atoms with Crippen molar-refractivity contribution in [3.05, 3.63) is 29.3 Å². The predicted octanol–water partition coefficient (Wildman–Crippen LogP) is 3.73. The molecule has 1 fully saturated rings. The van der Waals surface area contributed by atoms with Gasteiger partial charge in [-0.1, -0.05) is 26.8 Å². The first-order valence-electron chi connectivity index (χ1n) is 12.9. The highest BCUT2D eigenvalue weighted by molar-refractivity contribution is 5.95. The van der Waals surface area contributed by atoms with Gasteiger partial charge in [-0.3, -0.25) is 4.79 Å². The molecule has 0 spiro atoms. The van der Waals surface area contributed by atoms with Crippen LogP contribution < -0.4 is 15.4 Å². The zero-order valence-corrected chi connectivity index (χ0v) is 22.4. The molecule has 1 aromatic rings.